The summed E-state index contributed by atoms with van der Waals surface area (Å²) in [5, 5.41) is 0. The molecule has 1 fully saturated rings. The van der Waals surface area contributed by atoms with E-state index >= 15 is 0 Å². The number of primary amides is 1. The van der Waals surface area contributed by atoms with Gasteiger partial charge in [0.05, 0.1) is 0 Å². The predicted molar refractivity (Wildman–Crippen MR) is 116 cm³/mol. The van der Waals surface area contributed by atoms with Crippen molar-refractivity contribution in [2.45, 2.75) is 65.7 Å². The van der Waals surface area contributed by atoms with Gasteiger partial charge in [-0.1, -0.05) is 13.8 Å². The Bertz CT molecular complexity index is 1030. The molecular formula is C25H30N2O3. The van der Waals surface area contributed by atoms with Gasteiger partial charge >= 0.3 is 0 Å². The maximum absolute atomic E-state index is 12.8. The minimum Gasteiger partial charge on any atom is -0.366 e. The Kier molecular flexibility index (Phi) is 5.16. The molecule has 0 unspecified atom stereocenters. The lowest BCUT2D eigenvalue weighted by atomic mass is 9.75. The van der Waals surface area contributed by atoms with Gasteiger partial charge in [-0.3, -0.25) is 14.4 Å². The molecule has 0 atom stereocenters. The molecule has 0 saturated heterocycles. The van der Waals surface area contributed by atoms with Crippen LogP contribution in [0.5, 0.6) is 0 Å². The van der Waals surface area contributed by atoms with Crippen LogP contribution in [0.15, 0.2) is 24.4 Å². The molecular weight excluding hydrogens is 376 g/mol. The Hall–Kier alpha value is -2.69. The summed E-state index contributed by atoms with van der Waals surface area (Å²) in [6.07, 6.45) is 7.15. The molecule has 5 nitrogen and oxygen atoms in total. The number of ketones is 2. The first-order valence-electron chi connectivity index (χ1n) is 10.8. The number of nitrogens with two attached hydrogens (primary N) is 1. The Morgan fingerprint density at radius 1 is 1.17 bits per heavy atom. The third-order valence-corrected chi connectivity index (χ3v) is 6.66. The summed E-state index contributed by atoms with van der Waals surface area (Å²) in [5.41, 5.74) is 10.9. The van der Waals surface area contributed by atoms with Crippen molar-refractivity contribution in [3.8, 4) is 5.69 Å². The molecule has 4 rings (SSSR count). The Labute approximate surface area is 177 Å². The van der Waals surface area contributed by atoms with Gasteiger partial charge in [0.1, 0.15) is 5.78 Å². The van der Waals surface area contributed by atoms with E-state index in [-0.39, 0.29) is 11.2 Å². The number of carbonyl (C=O) groups is 3. The Balaban J connectivity index is 1.74. The molecule has 1 aromatic carbocycles. The topological polar surface area (TPSA) is 82.2 Å². The summed E-state index contributed by atoms with van der Waals surface area (Å²) in [6.45, 7) is 6.25. The number of hydrogen-bond donors (Lipinski definition) is 1. The maximum Gasteiger partial charge on any atom is 0.248 e. The fourth-order valence-electron chi connectivity index (χ4n) is 5.16. The highest BCUT2D eigenvalue weighted by Crippen LogP contribution is 2.38. The average Bonchev–Trinajstić information content (AvgIpc) is 2.98. The zero-order valence-electron chi connectivity index (χ0n) is 18.1. The molecule has 1 heterocycles. The molecule has 158 valence electrons. The molecule has 1 saturated carbocycles. The van der Waals surface area contributed by atoms with Gasteiger partial charge < -0.3 is 10.3 Å². The number of carbonyl (C=O) groups excluding carboxylic acids is 3. The third-order valence-electron chi connectivity index (χ3n) is 6.66. The van der Waals surface area contributed by atoms with Crippen LogP contribution in [0.1, 0.15) is 83.5 Å². The lowest BCUT2D eigenvalue weighted by Gasteiger charge is -2.30. The number of fused-ring (bicyclic) bond motifs is 1. The first kappa shape index (κ1) is 20.6. The number of amides is 1. The van der Waals surface area contributed by atoms with Gasteiger partial charge in [-0.25, -0.2) is 0 Å². The van der Waals surface area contributed by atoms with Crippen LogP contribution in [0.25, 0.3) is 5.69 Å². The number of benzene rings is 1. The van der Waals surface area contributed by atoms with Crippen molar-refractivity contribution in [2.75, 3.05) is 0 Å². The number of rotatable bonds is 4. The average molecular weight is 407 g/mol. The number of hydrogen-bond acceptors (Lipinski definition) is 3. The van der Waals surface area contributed by atoms with Gasteiger partial charge in [-0.05, 0) is 73.3 Å². The lowest BCUT2D eigenvalue weighted by Crippen LogP contribution is -2.28. The van der Waals surface area contributed by atoms with Crippen molar-refractivity contribution in [2.24, 2.45) is 17.1 Å². The summed E-state index contributed by atoms with van der Waals surface area (Å²) in [7, 11) is 0. The first-order valence-corrected chi connectivity index (χ1v) is 10.8. The number of nitrogens with zero attached hydrogens (tertiary/aromatic N) is 1. The summed E-state index contributed by atoms with van der Waals surface area (Å²) in [5.74, 6) is 0.498. The van der Waals surface area contributed by atoms with E-state index in [4.69, 9.17) is 5.73 Å². The molecule has 30 heavy (non-hydrogen) atoms. The van der Waals surface area contributed by atoms with Crippen molar-refractivity contribution in [1.82, 2.24) is 4.57 Å². The van der Waals surface area contributed by atoms with Gasteiger partial charge in [0.15, 0.2) is 5.78 Å². The van der Waals surface area contributed by atoms with Crippen molar-refractivity contribution in [3.05, 3.63) is 52.3 Å². The minimum atomic E-state index is -0.425. The van der Waals surface area contributed by atoms with Gasteiger partial charge in [0.25, 0.3) is 0 Å². The van der Waals surface area contributed by atoms with E-state index in [2.05, 4.69) is 18.4 Å². The number of aryl methyl sites for hydroxylation is 1. The quantitative estimate of drug-likeness (QED) is 0.820. The summed E-state index contributed by atoms with van der Waals surface area (Å²) >= 11 is 0. The summed E-state index contributed by atoms with van der Waals surface area (Å²) in [4.78, 5) is 36.4. The van der Waals surface area contributed by atoms with E-state index in [9.17, 15) is 14.4 Å². The van der Waals surface area contributed by atoms with Crippen LogP contribution in [-0.4, -0.2) is 22.0 Å². The zero-order valence-corrected chi connectivity index (χ0v) is 18.1. The second-order valence-electron chi connectivity index (χ2n) is 9.84. The van der Waals surface area contributed by atoms with E-state index in [1.807, 2.05) is 25.3 Å². The van der Waals surface area contributed by atoms with Crippen LogP contribution in [0, 0.1) is 18.3 Å². The standard InChI is InChI=1S/C25H30N2O3/c1-15-14-27(21-12-25(2,3)13-22(29)23(15)21)18-6-9-20(24(26)30)17(11-18)10-16-4-7-19(28)8-5-16/h6,9,11,14,16H,4-5,7-8,10,12-13H2,1-3H3,(H2,26,30). The summed E-state index contributed by atoms with van der Waals surface area (Å²) < 4.78 is 2.11. The van der Waals surface area contributed by atoms with E-state index in [1.165, 1.54) is 0 Å². The van der Waals surface area contributed by atoms with Gasteiger partial charge in [0.2, 0.25) is 5.91 Å². The van der Waals surface area contributed by atoms with Crippen LogP contribution >= 0.6 is 0 Å². The molecule has 2 aromatic rings. The van der Waals surface area contributed by atoms with Crippen LogP contribution in [0.4, 0.5) is 0 Å². The van der Waals surface area contributed by atoms with E-state index in [1.54, 1.807) is 6.07 Å². The van der Waals surface area contributed by atoms with Crippen LogP contribution in [0.3, 0.4) is 0 Å². The SMILES string of the molecule is Cc1cn(-c2ccc(C(N)=O)c(CC3CCC(=O)CC3)c2)c2c1C(=O)CC(C)(C)C2. The predicted octanol–water partition coefficient (Wildman–Crippen LogP) is 4.34. The molecule has 5 heteroatoms. The molecule has 2 aliphatic carbocycles. The normalized spacial score (nSPS) is 19.0. The van der Waals surface area contributed by atoms with Gasteiger partial charge in [0, 0.05) is 48.0 Å². The zero-order chi connectivity index (χ0) is 21.6. The van der Waals surface area contributed by atoms with E-state index < -0.39 is 5.91 Å². The third kappa shape index (κ3) is 3.85. The molecule has 0 bridgehead atoms. The van der Waals surface area contributed by atoms with E-state index in [0.29, 0.717) is 36.5 Å². The van der Waals surface area contributed by atoms with Crippen LogP contribution < -0.4 is 5.73 Å². The van der Waals surface area contributed by atoms with E-state index in [0.717, 1.165) is 53.8 Å². The minimum absolute atomic E-state index is 0.0722. The van der Waals surface area contributed by atoms with Crippen molar-refractivity contribution < 1.29 is 14.4 Å². The molecule has 1 amide bonds. The summed E-state index contributed by atoms with van der Waals surface area (Å²) in [6, 6.07) is 5.76. The maximum atomic E-state index is 12.8. The molecule has 2 aliphatic rings. The highest BCUT2D eigenvalue weighted by atomic mass is 16.1. The molecule has 1 aromatic heterocycles. The second kappa shape index (κ2) is 7.53. The highest BCUT2D eigenvalue weighted by molar-refractivity contribution is 6.00. The van der Waals surface area contributed by atoms with Crippen LogP contribution in [-0.2, 0) is 17.6 Å². The largest absolute Gasteiger partial charge is 0.366 e. The van der Waals surface area contributed by atoms with Gasteiger partial charge in [-0.2, -0.15) is 0 Å². The van der Waals surface area contributed by atoms with Crippen molar-refractivity contribution in [1.29, 1.82) is 0 Å². The van der Waals surface area contributed by atoms with Gasteiger partial charge in [-0.15, -0.1) is 0 Å². The highest BCUT2D eigenvalue weighted by Gasteiger charge is 2.35. The lowest BCUT2D eigenvalue weighted by molar-refractivity contribution is -0.121. The second-order valence-corrected chi connectivity index (χ2v) is 9.84. The number of aromatic nitrogens is 1. The smallest absolute Gasteiger partial charge is 0.248 e. The molecule has 0 spiro atoms. The number of Topliss-reactive ketones (excluding diaryl/α,β-unsaturated/α-hetero) is 2. The van der Waals surface area contributed by atoms with Crippen LogP contribution in [0.2, 0.25) is 0 Å². The Morgan fingerprint density at radius 2 is 1.87 bits per heavy atom. The molecule has 0 aliphatic heterocycles. The molecule has 2 N–H and O–H groups in total. The fraction of sp³-hybridized carbons (Fsp3) is 0.480. The fourth-order valence-corrected chi connectivity index (χ4v) is 5.16. The Morgan fingerprint density at radius 3 is 2.53 bits per heavy atom. The van der Waals surface area contributed by atoms with Crippen molar-refractivity contribution >= 4 is 17.5 Å². The monoisotopic (exact) mass is 406 g/mol. The first-order chi connectivity index (χ1) is 14.1. The van der Waals surface area contributed by atoms with Crippen molar-refractivity contribution in [3.63, 3.8) is 0 Å². The molecule has 0 radical (unpaired) electrons.